The van der Waals surface area contributed by atoms with Crippen molar-refractivity contribution in [3.8, 4) is 11.1 Å². The van der Waals surface area contributed by atoms with Gasteiger partial charge in [0.25, 0.3) is 0 Å². The number of rotatable bonds is 11. The van der Waals surface area contributed by atoms with Gasteiger partial charge in [-0.05, 0) is 41.2 Å². The van der Waals surface area contributed by atoms with Crippen LogP contribution in [-0.4, -0.2) is 61.1 Å². The third-order valence-corrected chi connectivity index (χ3v) is 7.72. The number of hydrogen-bond acceptors (Lipinski definition) is 6. The van der Waals surface area contributed by atoms with Crippen LogP contribution in [0.25, 0.3) is 11.1 Å². The number of carboxylic acids is 1. The predicted molar refractivity (Wildman–Crippen MR) is 151 cm³/mol. The lowest BCUT2D eigenvalue weighted by molar-refractivity contribution is -0.149. The molecule has 0 aromatic heterocycles. The summed E-state index contributed by atoms with van der Waals surface area (Å²) >= 11 is 0. The summed E-state index contributed by atoms with van der Waals surface area (Å²) in [5.74, 6) is -2.04. The van der Waals surface area contributed by atoms with Crippen molar-refractivity contribution < 1.29 is 33.7 Å². The van der Waals surface area contributed by atoms with Gasteiger partial charge in [0.2, 0.25) is 5.91 Å². The molecule has 0 radical (unpaired) electrons. The van der Waals surface area contributed by atoms with Crippen molar-refractivity contribution in [3.63, 3.8) is 0 Å². The van der Waals surface area contributed by atoms with Crippen LogP contribution in [0.5, 0.6) is 0 Å². The minimum Gasteiger partial charge on any atom is -0.479 e. The van der Waals surface area contributed by atoms with Crippen LogP contribution in [0.15, 0.2) is 78.9 Å². The maximum absolute atomic E-state index is 13.3. The molecule has 3 aromatic carbocycles. The molecule has 3 N–H and O–H groups in total. The lowest BCUT2D eigenvalue weighted by atomic mass is 9.98. The normalized spacial score (nSPS) is 19.0. The first-order chi connectivity index (χ1) is 19.9. The number of amides is 2. The number of carbonyl (C=O) groups is 3. The van der Waals surface area contributed by atoms with Gasteiger partial charge >= 0.3 is 12.1 Å². The van der Waals surface area contributed by atoms with Crippen molar-refractivity contribution in [1.82, 2.24) is 10.6 Å². The van der Waals surface area contributed by atoms with Gasteiger partial charge < -0.3 is 30.0 Å². The molecule has 0 bridgehead atoms. The van der Waals surface area contributed by atoms with Crippen LogP contribution in [0.4, 0.5) is 4.79 Å². The van der Waals surface area contributed by atoms with Crippen LogP contribution in [0.1, 0.15) is 36.0 Å². The monoisotopic (exact) mass is 558 g/mol. The Kier molecular flexibility index (Phi) is 8.96. The number of carboxylic acid groups (broad SMARTS) is 1. The summed E-state index contributed by atoms with van der Waals surface area (Å²) < 4.78 is 16.9. The number of benzene rings is 3. The van der Waals surface area contributed by atoms with Crippen LogP contribution in [0, 0.1) is 5.92 Å². The van der Waals surface area contributed by atoms with Gasteiger partial charge in [-0.3, -0.25) is 4.79 Å². The maximum Gasteiger partial charge on any atom is 0.407 e. The highest BCUT2D eigenvalue weighted by Crippen LogP contribution is 2.44. The van der Waals surface area contributed by atoms with Crippen molar-refractivity contribution in [3.05, 3.63) is 95.6 Å². The van der Waals surface area contributed by atoms with Crippen molar-refractivity contribution in [2.75, 3.05) is 19.8 Å². The highest BCUT2D eigenvalue weighted by molar-refractivity contribution is 5.86. The summed E-state index contributed by atoms with van der Waals surface area (Å²) in [5, 5.41) is 14.9. The number of alkyl carbamates (subject to hydrolysis) is 1. The SMILES string of the molecule is CC(OCc1ccccc1)C(NC(=O)OCC1c2ccccc2-c2ccccc21)C(=O)NC[C@@H]1CCO[C@@H]1C(=O)O. The second-order valence-electron chi connectivity index (χ2n) is 10.4. The third kappa shape index (κ3) is 6.58. The third-order valence-electron chi connectivity index (χ3n) is 7.72. The van der Waals surface area contributed by atoms with Gasteiger partial charge in [-0.25, -0.2) is 9.59 Å². The first-order valence-electron chi connectivity index (χ1n) is 13.8. The van der Waals surface area contributed by atoms with E-state index >= 15 is 0 Å². The zero-order valence-corrected chi connectivity index (χ0v) is 22.8. The molecule has 1 aliphatic heterocycles. The highest BCUT2D eigenvalue weighted by atomic mass is 16.6. The second-order valence-corrected chi connectivity index (χ2v) is 10.4. The fourth-order valence-electron chi connectivity index (χ4n) is 5.52. The number of fused-ring (bicyclic) bond motifs is 3. The van der Waals surface area contributed by atoms with E-state index in [0.717, 1.165) is 27.8 Å². The van der Waals surface area contributed by atoms with Crippen LogP contribution in [-0.2, 0) is 30.4 Å². The van der Waals surface area contributed by atoms with Crippen molar-refractivity contribution >= 4 is 18.0 Å². The minimum absolute atomic E-state index is 0.101. The Morgan fingerprint density at radius 3 is 2.24 bits per heavy atom. The van der Waals surface area contributed by atoms with Crippen molar-refractivity contribution in [2.45, 2.75) is 44.1 Å². The summed E-state index contributed by atoms with van der Waals surface area (Å²) in [6, 6.07) is 24.5. The van der Waals surface area contributed by atoms with Crippen LogP contribution in [0.2, 0.25) is 0 Å². The molecular formula is C32H34N2O7. The Hall–Kier alpha value is -4.21. The lowest BCUT2D eigenvalue weighted by Gasteiger charge is -2.26. The Morgan fingerprint density at radius 2 is 1.59 bits per heavy atom. The van der Waals surface area contributed by atoms with Gasteiger partial charge in [-0.2, -0.15) is 0 Å². The fraction of sp³-hybridized carbons (Fsp3) is 0.344. The zero-order valence-electron chi connectivity index (χ0n) is 22.8. The Morgan fingerprint density at radius 1 is 0.951 bits per heavy atom. The Bertz CT molecular complexity index is 1330. The van der Waals surface area contributed by atoms with Gasteiger partial charge in [0.15, 0.2) is 6.10 Å². The molecule has 0 spiro atoms. The van der Waals surface area contributed by atoms with E-state index in [9.17, 15) is 19.5 Å². The van der Waals surface area contributed by atoms with Crippen LogP contribution in [0.3, 0.4) is 0 Å². The highest BCUT2D eigenvalue weighted by Gasteiger charge is 2.36. The quantitative estimate of drug-likeness (QED) is 0.324. The van der Waals surface area contributed by atoms with E-state index in [4.69, 9.17) is 14.2 Å². The van der Waals surface area contributed by atoms with E-state index < -0.39 is 36.2 Å². The fourth-order valence-corrected chi connectivity index (χ4v) is 5.52. The van der Waals surface area contributed by atoms with Crippen molar-refractivity contribution in [1.29, 1.82) is 0 Å². The average Bonchev–Trinajstić information content (AvgIpc) is 3.60. The summed E-state index contributed by atoms with van der Waals surface area (Å²) in [4.78, 5) is 37.8. The molecule has 1 fully saturated rings. The second kappa shape index (κ2) is 13.0. The predicted octanol–water partition coefficient (Wildman–Crippen LogP) is 4.10. The largest absolute Gasteiger partial charge is 0.479 e. The van der Waals surface area contributed by atoms with Gasteiger partial charge in [0, 0.05) is 25.0 Å². The molecule has 1 saturated heterocycles. The van der Waals surface area contributed by atoms with Gasteiger partial charge in [0.05, 0.1) is 12.7 Å². The Labute approximate surface area is 238 Å². The molecule has 5 rings (SSSR count). The Balaban J connectivity index is 1.24. The molecule has 3 aromatic rings. The standard InChI is InChI=1S/C32H34N2O7/c1-20(40-18-21-9-3-2-4-10-21)28(30(35)33-17-22-15-16-39-29(22)31(36)37)34-32(38)41-19-27-25-13-7-5-11-23(25)24-12-6-8-14-26(24)27/h2-14,20,22,27-29H,15-19H2,1H3,(H,33,35)(H,34,38)(H,36,37)/t20?,22-,28?,29-/m0/s1. The van der Waals surface area contributed by atoms with Gasteiger partial charge in [-0.1, -0.05) is 78.9 Å². The van der Waals surface area contributed by atoms with Crippen LogP contribution < -0.4 is 10.6 Å². The molecular weight excluding hydrogens is 524 g/mol. The molecule has 214 valence electrons. The van der Waals surface area contributed by atoms with Crippen molar-refractivity contribution in [2.24, 2.45) is 5.92 Å². The number of hydrogen-bond donors (Lipinski definition) is 3. The first-order valence-corrected chi connectivity index (χ1v) is 13.8. The zero-order chi connectivity index (χ0) is 28.8. The molecule has 2 unspecified atom stereocenters. The first kappa shape index (κ1) is 28.3. The molecule has 4 atom stereocenters. The molecule has 2 aliphatic rings. The van der Waals surface area contributed by atoms with E-state index in [1.54, 1.807) is 6.92 Å². The summed E-state index contributed by atoms with van der Waals surface area (Å²) in [6.45, 7) is 2.47. The molecule has 41 heavy (non-hydrogen) atoms. The average molecular weight is 559 g/mol. The topological polar surface area (TPSA) is 123 Å². The summed E-state index contributed by atoms with van der Waals surface area (Å²) in [6.07, 6.45) is -1.90. The smallest absolute Gasteiger partial charge is 0.407 e. The van der Waals surface area contributed by atoms with Gasteiger partial charge in [0.1, 0.15) is 12.6 Å². The molecule has 9 heteroatoms. The molecule has 9 nitrogen and oxygen atoms in total. The number of aliphatic carboxylic acids is 1. The van der Waals surface area contributed by atoms with E-state index in [-0.39, 0.29) is 31.6 Å². The number of nitrogens with one attached hydrogen (secondary N) is 2. The molecule has 2 amide bonds. The van der Waals surface area contributed by atoms with Gasteiger partial charge in [-0.15, -0.1) is 0 Å². The molecule has 1 aliphatic carbocycles. The minimum atomic E-state index is -1.07. The summed E-state index contributed by atoms with van der Waals surface area (Å²) in [5.41, 5.74) is 5.33. The maximum atomic E-state index is 13.3. The number of carbonyl (C=O) groups excluding carboxylic acids is 2. The van der Waals surface area contributed by atoms with E-state index in [0.29, 0.717) is 13.0 Å². The molecule has 1 heterocycles. The number of ether oxygens (including phenoxy) is 3. The molecule has 0 saturated carbocycles. The van der Waals surface area contributed by atoms with E-state index in [1.807, 2.05) is 66.7 Å². The van der Waals surface area contributed by atoms with E-state index in [1.165, 1.54) is 0 Å². The summed E-state index contributed by atoms with van der Waals surface area (Å²) in [7, 11) is 0. The van der Waals surface area contributed by atoms with E-state index in [2.05, 4.69) is 22.8 Å². The lowest BCUT2D eigenvalue weighted by Crippen LogP contribution is -2.54. The van der Waals surface area contributed by atoms with Crippen LogP contribution >= 0.6 is 0 Å².